The molecule has 7 heteroatoms. The molecule has 0 atom stereocenters. The fraction of sp³-hybridized carbons (Fsp3) is 0.273. The number of furan rings is 1. The molecule has 1 aliphatic heterocycles. The summed E-state index contributed by atoms with van der Waals surface area (Å²) in [6, 6.07) is 14.6. The monoisotopic (exact) mass is 411 g/mol. The molecule has 29 heavy (non-hydrogen) atoms. The number of rotatable bonds is 4. The van der Waals surface area contributed by atoms with Gasteiger partial charge >= 0.3 is 0 Å². The molecule has 1 aromatic carbocycles. The highest BCUT2D eigenvalue weighted by Crippen LogP contribution is 2.17. The summed E-state index contributed by atoms with van der Waals surface area (Å²) in [5.74, 6) is 0.333. The summed E-state index contributed by atoms with van der Waals surface area (Å²) >= 11 is 5.95. The molecule has 3 heterocycles. The number of pyridine rings is 1. The van der Waals surface area contributed by atoms with Gasteiger partial charge in [-0.2, -0.15) is 0 Å². The smallest absolute Gasteiger partial charge is 0.261 e. The molecule has 0 spiro atoms. The molecule has 0 saturated carbocycles. The molecule has 1 saturated heterocycles. The van der Waals surface area contributed by atoms with E-state index in [9.17, 15) is 9.59 Å². The number of aromatic nitrogens is 1. The second-order valence-corrected chi connectivity index (χ2v) is 7.58. The van der Waals surface area contributed by atoms with Crippen LogP contribution in [-0.4, -0.2) is 46.9 Å². The Morgan fingerprint density at radius 3 is 2.59 bits per heavy atom. The normalized spacial score (nSPS) is 15.3. The first-order valence-electron chi connectivity index (χ1n) is 9.63. The van der Waals surface area contributed by atoms with Gasteiger partial charge in [0.05, 0.1) is 12.0 Å². The van der Waals surface area contributed by atoms with Gasteiger partial charge in [0.25, 0.3) is 11.5 Å². The van der Waals surface area contributed by atoms with Crippen molar-refractivity contribution in [1.29, 1.82) is 0 Å². The lowest BCUT2D eigenvalue weighted by atomic mass is 10.2. The molecule has 3 aromatic rings. The summed E-state index contributed by atoms with van der Waals surface area (Å²) < 4.78 is 5.30. The summed E-state index contributed by atoms with van der Waals surface area (Å²) in [6.07, 6.45) is 2.40. The number of halogens is 1. The van der Waals surface area contributed by atoms with Gasteiger partial charge in [-0.05, 0) is 48.4 Å². The predicted molar refractivity (Wildman–Crippen MR) is 112 cm³/mol. The molecule has 0 aliphatic carbocycles. The number of H-pyrrole nitrogens is 1. The third-order valence-electron chi connectivity index (χ3n) is 5.12. The zero-order valence-electron chi connectivity index (χ0n) is 15.9. The Morgan fingerprint density at radius 2 is 1.86 bits per heavy atom. The minimum absolute atomic E-state index is 0.159. The Kier molecular flexibility index (Phi) is 5.83. The number of nitrogens with zero attached hydrogens (tertiary/aromatic N) is 2. The molecule has 1 aliphatic rings. The minimum atomic E-state index is -0.397. The minimum Gasteiger partial charge on any atom is -0.463 e. The number of hydrogen-bond donors (Lipinski definition) is 1. The van der Waals surface area contributed by atoms with Gasteiger partial charge in [0.2, 0.25) is 0 Å². The van der Waals surface area contributed by atoms with E-state index in [2.05, 4.69) is 9.88 Å². The first-order chi connectivity index (χ1) is 14.1. The third-order valence-corrected chi connectivity index (χ3v) is 5.37. The molecule has 0 unspecified atom stereocenters. The molecule has 150 valence electrons. The average Bonchev–Trinajstić information content (AvgIpc) is 3.16. The van der Waals surface area contributed by atoms with Crippen LogP contribution in [0.5, 0.6) is 0 Å². The maximum absolute atomic E-state index is 12.9. The Morgan fingerprint density at radius 1 is 1.03 bits per heavy atom. The van der Waals surface area contributed by atoms with Gasteiger partial charge in [0.15, 0.2) is 0 Å². The van der Waals surface area contributed by atoms with Gasteiger partial charge in [-0.1, -0.05) is 23.7 Å². The molecular weight excluding hydrogens is 390 g/mol. The summed E-state index contributed by atoms with van der Waals surface area (Å²) in [5.41, 5.74) is 1.51. The number of aromatic amines is 1. The lowest BCUT2D eigenvalue weighted by Crippen LogP contribution is -2.37. The van der Waals surface area contributed by atoms with Crippen molar-refractivity contribution >= 4 is 17.5 Å². The van der Waals surface area contributed by atoms with Crippen LogP contribution in [0.25, 0.3) is 11.5 Å². The fourth-order valence-corrected chi connectivity index (χ4v) is 3.69. The number of benzene rings is 1. The highest BCUT2D eigenvalue weighted by molar-refractivity contribution is 6.30. The van der Waals surface area contributed by atoms with Gasteiger partial charge in [0, 0.05) is 37.7 Å². The zero-order chi connectivity index (χ0) is 20.2. The van der Waals surface area contributed by atoms with E-state index in [0.717, 1.165) is 31.1 Å². The van der Waals surface area contributed by atoms with E-state index in [1.807, 2.05) is 24.3 Å². The topological polar surface area (TPSA) is 69.5 Å². The Hall–Kier alpha value is -2.83. The Balaban J connectivity index is 1.42. The van der Waals surface area contributed by atoms with E-state index in [0.29, 0.717) is 24.5 Å². The van der Waals surface area contributed by atoms with Gasteiger partial charge < -0.3 is 14.3 Å². The third kappa shape index (κ3) is 4.60. The van der Waals surface area contributed by atoms with E-state index in [-0.39, 0.29) is 11.5 Å². The van der Waals surface area contributed by atoms with Crippen LogP contribution in [0.4, 0.5) is 0 Å². The maximum Gasteiger partial charge on any atom is 0.261 e. The second-order valence-electron chi connectivity index (χ2n) is 7.14. The van der Waals surface area contributed by atoms with Crippen molar-refractivity contribution in [1.82, 2.24) is 14.8 Å². The van der Waals surface area contributed by atoms with Crippen LogP contribution in [0.15, 0.2) is 64.0 Å². The highest BCUT2D eigenvalue weighted by Gasteiger charge is 2.22. The van der Waals surface area contributed by atoms with Crippen LogP contribution >= 0.6 is 11.6 Å². The van der Waals surface area contributed by atoms with E-state index in [1.54, 1.807) is 35.4 Å². The quantitative estimate of drug-likeness (QED) is 0.711. The van der Waals surface area contributed by atoms with Crippen molar-refractivity contribution in [2.45, 2.75) is 13.0 Å². The van der Waals surface area contributed by atoms with E-state index < -0.39 is 5.56 Å². The summed E-state index contributed by atoms with van der Waals surface area (Å²) in [4.78, 5) is 32.2. The fourth-order valence-electron chi connectivity index (χ4n) is 3.57. The van der Waals surface area contributed by atoms with E-state index >= 15 is 0 Å². The van der Waals surface area contributed by atoms with Gasteiger partial charge in [-0.15, -0.1) is 0 Å². The van der Waals surface area contributed by atoms with E-state index in [4.69, 9.17) is 16.0 Å². The first kappa shape index (κ1) is 19.5. The Bertz CT molecular complexity index is 1030. The molecular formula is C22H22ClN3O3. The van der Waals surface area contributed by atoms with Gasteiger partial charge in [-0.25, -0.2) is 0 Å². The summed E-state index contributed by atoms with van der Waals surface area (Å²) in [7, 11) is 0. The van der Waals surface area contributed by atoms with Crippen molar-refractivity contribution in [2.75, 3.05) is 26.2 Å². The number of amides is 1. The number of hydrogen-bond acceptors (Lipinski definition) is 4. The molecule has 1 N–H and O–H groups in total. The first-order valence-corrected chi connectivity index (χ1v) is 10.0. The molecule has 2 aromatic heterocycles. The molecule has 0 radical (unpaired) electrons. The van der Waals surface area contributed by atoms with Crippen LogP contribution in [0.3, 0.4) is 0 Å². The van der Waals surface area contributed by atoms with Crippen molar-refractivity contribution in [3.63, 3.8) is 0 Å². The lowest BCUT2D eigenvalue weighted by Gasteiger charge is -2.22. The average molecular weight is 412 g/mol. The number of carbonyl (C=O) groups is 1. The van der Waals surface area contributed by atoms with Crippen LogP contribution in [-0.2, 0) is 6.54 Å². The molecule has 4 rings (SSSR count). The Labute approximate surface area is 173 Å². The van der Waals surface area contributed by atoms with Crippen LogP contribution in [0, 0.1) is 0 Å². The lowest BCUT2D eigenvalue weighted by molar-refractivity contribution is 0.0759. The molecule has 6 nitrogen and oxygen atoms in total. The molecule has 0 bridgehead atoms. The van der Waals surface area contributed by atoms with Gasteiger partial charge in [-0.3, -0.25) is 14.5 Å². The summed E-state index contributed by atoms with van der Waals surface area (Å²) in [5, 5.41) is 0.727. The molecule has 1 amide bonds. The summed E-state index contributed by atoms with van der Waals surface area (Å²) in [6.45, 7) is 3.70. The van der Waals surface area contributed by atoms with Crippen molar-refractivity contribution in [2.24, 2.45) is 0 Å². The van der Waals surface area contributed by atoms with Crippen LogP contribution < -0.4 is 5.56 Å². The van der Waals surface area contributed by atoms with Crippen LogP contribution in [0.2, 0.25) is 5.02 Å². The number of carbonyl (C=O) groups excluding carboxylic acids is 1. The maximum atomic E-state index is 12.9. The SMILES string of the molecule is O=C(c1ccc(-c2ccco2)[nH]c1=O)N1CCCN(Cc2ccc(Cl)cc2)CC1. The van der Waals surface area contributed by atoms with Crippen molar-refractivity contribution in [3.8, 4) is 11.5 Å². The highest BCUT2D eigenvalue weighted by atomic mass is 35.5. The molecule has 1 fully saturated rings. The predicted octanol–water partition coefficient (Wildman–Crippen LogP) is 3.64. The van der Waals surface area contributed by atoms with Gasteiger partial charge in [0.1, 0.15) is 11.3 Å². The zero-order valence-corrected chi connectivity index (χ0v) is 16.7. The van der Waals surface area contributed by atoms with Crippen molar-refractivity contribution in [3.05, 3.63) is 81.3 Å². The van der Waals surface area contributed by atoms with E-state index in [1.165, 1.54) is 5.56 Å². The second kappa shape index (κ2) is 8.68. The van der Waals surface area contributed by atoms with Crippen LogP contribution in [0.1, 0.15) is 22.3 Å². The standard InChI is InChI=1S/C22H22ClN3O3/c23-17-6-4-16(5-7-17)15-25-10-2-11-26(13-12-25)22(28)18-8-9-19(24-21(18)27)20-3-1-14-29-20/h1,3-9,14H,2,10-13,15H2,(H,24,27). The largest absolute Gasteiger partial charge is 0.463 e. The number of nitrogens with one attached hydrogen (secondary N) is 1. The van der Waals surface area contributed by atoms with Crippen molar-refractivity contribution < 1.29 is 9.21 Å².